The fourth-order valence-electron chi connectivity index (χ4n) is 3.60. The quantitative estimate of drug-likeness (QED) is 0.288. The van der Waals surface area contributed by atoms with Crippen molar-refractivity contribution in [3.8, 4) is 17.2 Å². The van der Waals surface area contributed by atoms with Gasteiger partial charge in [-0.3, -0.25) is 4.99 Å². The van der Waals surface area contributed by atoms with Gasteiger partial charge in [-0.2, -0.15) is 0 Å². The zero-order chi connectivity index (χ0) is 20.8. The third-order valence-electron chi connectivity index (χ3n) is 5.28. The second kappa shape index (κ2) is 11.2. The minimum atomic E-state index is 0. The summed E-state index contributed by atoms with van der Waals surface area (Å²) in [6.07, 6.45) is 3.89. The number of ether oxygens (including phenoxy) is 1. The van der Waals surface area contributed by atoms with Crippen molar-refractivity contribution < 1.29 is 9.15 Å². The molecule has 0 spiro atoms. The first kappa shape index (κ1) is 23.1. The number of nitrogens with zero attached hydrogens (tertiary/aromatic N) is 3. The van der Waals surface area contributed by atoms with E-state index in [0.717, 1.165) is 48.9 Å². The number of hydrogen-bond donors (Lipinski definition) is 1. The maximum atomic E-state index is 6.09. The zero-order valence-electron chi connectivity index (χ0n) is 18.0. The maximum absolute atomic E-state index is 6.09. The van der Waals surface area contributed by atoms with E-state index in [1.807, 2.05) is 49.5 Å². The Hall–Kier alpha value is -2.55. The molecule has 31 heavy (non-hydrogen) atoms. The Morgan fingerprint density at radius 1 is 1.13 bits per heavy atom. The lowest BCUT2D eigenvalue weighted by Gasteiger charge is -2.34. The van der Waals surface area contributed by atoms with E-state index in [9.17, 15) is 0 Å². The van der Waals surface area contributed by atoms with Crippen molar-refractivity contribution in [3.05, 3.63) is 72.1 Å². The molecular formula is C24H29IN4O2. The molecule has 0 saturated carbocycles. The summed E-state index contributed by atoms with van der Waals surface area (Å²) in [7, 11) is 1.81. The smallest absolute Gasteiger partial charge is 0.226 e. The van der Waals surface area contributed by atoms with Gasteiger partial charge in [-0.25, -0.2) is 4.98 Å². The van der Waals surface area contributed by atoms with Crippen molar-refractivity contribution in [1.29, 1.82) is 0 Å². The molecule has 0 aliphatic carbocycles. The van der Waals surface area contributed by atoms with Crippen LogP contribution in [0.5, 0.6) is 5.75 Å². The molecule has 7 heteroatoms. The fraction of sp³-hybridized carbons (Fsp3) is 0.333. The van der Waals surface area contributed by atoms with Gasteiger partial charge >= 0.3 is 0 Å². The summed E-state index contributed by atoms with van der Waals surface area (Å²) < 4.78 is 11.7. The Bertz CT molecular complexity index is 965. The van der Waals surface area contributed by atoms with E-state index in [2.05, 4.69) is 39.2 Å². The molecule has 2 heterocycles. The average Bonchev–Trinajstić information content (AvgIpc) is 3.25. The largest absolute Gasteiger partial charge is 0.490 e. The van der Waals surface area contributed by atoms with Crippen molar-refractivity contribution in [2.45, 2.75) is 32.4 Å². The summed E-state index contributed by atoms with van der Waals surface area (Å²) in [5, 5.41) is 3.41. The number of benzene rings is 2. The number of likely N-dealkylation sites (tertiary alicyclic amines) is 1. The molecule has 1 aliphatic heterocycles. The molecule has 0 bridgehead atoms. The molecule has 0 radical (unpaired) electrons. The molecule has 0 amide bonds. The van der Waals surface area contributed by atoms with E-state index >= 15 is 0 Å². The Morgan fingerprint density at radius 3 is 2.52 bits per heavy atom. The summed E-state index contributed by atoms with van der Waals surface area (Å²) in [4.78, 5) is 11.3. The van der Waals surface area contributed by atoms with Gasteiger partial charge in [0.2, 0.25) is 5.89 Å². The summed E-state index contributed by atoms with van der Waals surface area (Å²) in [5.74, 6) is 2.46. The number of para-hydroxylation sites is 1. The molecule has 1 saturated heterocycles. The third kappa shape index (κ3) is 6.22. The van der Waals surface area contributed by atoms with E-state index in [0.29, 0.717) is 12.4 Å². The van der Waals surface area contributed by atoms with E-state index in [-0.39, 0.29) is 30.1 Å². The number of aliphatic imine (C=N–C) groups is 1. The van der Waals surface area contributed by atoms with Crippen LogP contribution in [0.15, 0.2) is 70.3 Å². The van der Waals surface area contributed by atoms with Gasteiger partial charge in [-0.05, 0) is 31.2 Å². The SMILES string of the molecule is CN=C(NCc1coc(-c2ccc(C)cc2)n1)N1CCC(Oc2ccccc2)CC1.I. The van der Waals surface area contributed by atoms with E-state index in [1.54, 1.807) is 6.26 Å². The molecule has 2 aromatic carbocycles. The van der Waals surface area contributed by atoms with Gasteiger partial charge in [0.15, 0.2) is 5.96 Å². The Balaban J connectivity index is 0.00000272. The highest BCUT2D eigenvalue weighted by molar-refractivity contribution is 14.0. The second-order valence-electron chi connectivity index (χ2n) is 7.53. The van der Waals surface area contributed by atoms with Crippen LogP contribution < -0.4 is 10.1 Å². The number of piperidine rings is 1. The van der Waals surface area contributed by atoms with E-state index < -0.39 is 0 Å². The van der Waals surface area contributed by atoms with Gasteiger partial charge in [0.25, 0.3) is 0 Å². The minimum absolute atomic E-state index is 0. The van der Waals surface area contributed by atoms with Gasteiger partial charge < -0.3 is 19.4 Å². The number of aryl methyl sites for hydroxylation is 1. The molecule has 164 valence electrons. The number of nitrogens with one attached hydrogen (secondary N) is 1. The topological polar surface area (TPSA) is 62.9 Å². The van der Waals surface area contributed by atoms with E-state index in [4.69, 9.17) is 9.15 Å². The molecule has 1 aliphatic rings. The first-order chi connectivity index (χ1) is 14.7. The molecule has 0 atom stereocenters. The minimum Gasteiger partial charge on any atom is -0.490 e. The summed E-state index contributed by atoms with van der Waals surface area (Å²) in [6, 6.07) is 18.2. The van der Waals surface area contributed by atoms with Crippen LogP contribution in [0.2, 0.25) is 0 Å². The highest BCUT2D eigenvalue weighted by atomic mass is 127. The zero-order valence-corrected chi connectivity index (χ0v) is 20.3. The van der Waals surface area contributed by atoms with Crippen LogP contribution in [0.3, 0.4) is 0 Å². The van der Waals surface area contributed by atoms with Crippen LogP contribution in [-0.4, -0.2) is 42.1 Å². The second-order valence-corrected chi connectivity index (χ2v) is 7.53. The number of halogens is 1. The van der Waals surface area contributed by atoms with Gasteiger partial charge in [0.05, 0.1) is 12.2 Å². The molecule has 4 rings (SSSR count). The van der Waals surface area contributed by atoms with Crippen LogP contribution in [0, 0.1) is 6.92 Å². The third-order valence-corrected chi connectivity index (χ3v) is 5.28. The molecule has 1 N–H and O–H groups in total. The summed E-state index contributed by atoms with van der Waals surface area (Å²) in [6.45, 7) is 4.45. The maximum Gasteiger partial charge on any atom is 0.226 e. The molecule has 1 fully saturated rings. The molecule has 6 nitrogen and oxygen atoms in total. The van der Waals surface area contributed by atoms with Crippen molar-refractivity contribution in [3.63, 3.8) is 0 Å². The number of rotatable bonds is 5. The van der Waals surface area contributed by atoms with Crippen LogP contribution in [0.25, 0.3) is 11.5 Å². The van der Waals surface area contributed by atoms with Crippen LogP contribution >= 0.6 is 24.0 Å². The van der Waals surface area contributed by atoms with Gasteiger partial charge in [0, 0.05) is 38.5 Å². The lowest BCUT2D eigenvalue weighted by atomic mass is 10.1. The number of oxazole rings is 1. The van der Waals surface area contributed by atoms with Crippen molar-refractivity contribution in [1.82, 2.24) is 15.2 Å². The Morgan fingerprint density at radius 2 is 1.84 bits per heavy atom. The standard InChI is InChI=1S/C24H28N4O2.HI/c1-18-8-10-19(11-9-18)23-27-20(17-29-23)16-26-24(25-2)28-14-12-22(13-15-28)30-21-6-4-3-5-7-21;/h3-11,17,22H,12-16H2,1-2H3,(H,25,26);1H. The highest BCUT2D eigenvalue weighted by Gasteiger charge is 2.22. The van der Waals surface area contributed by atoms with E-state index in [1.165, 1.54) is 5.56 Å². The normalized spacial score (nSPS) is 14.8. The molecule has 0 unspecified atom stereocenters. The van der Waals surface area contributed by atoms with Crippen molar-refractivity contribution in [2.75, 3.05) is 20.1 Å². The predicted octanol–water partition coefficient (Wildman–Crippen LogP) is 4.89. The number of hydrogen-bond acceptors (Lipinski definition) is 4. The van der Waals surface area contributed by atoms with Crippen molar-refractivity contribution in [2.24, 2.45) is 4.99 Å². The lowest BCUT2D eigenvalue weighted by Crippen LogP contribution is -2.47. The average molecular weight is 532 g/mol. The van der Waals surface area contributed by atoms with Crippen LogP contribution in [-0.2, 0) is 6.54 Å². The molecule has 3 aromatic rings. The fourth-order valence-corrected chi connectivity index (χ4v) is 3.60. The first-order valence-electron chi connectivity index (χ1n) is 10.4. The Labute approximate surface area is 200 Å². The lowest BCUT2D eigenvalue weighted by molar-refractivity contribution is 0.129. The Kier molecular flexibility index (Phi) is 8.34. The monoisotopic (exact) mass is 532 g/mol. The summed E-state index contributed by atoms with van der Waals surface area (Å²) in [5.41, 5.74) is 3.06. The van der Waals surface area contributed by atoms with Gasteiger partial charge in [-0.15, -0.1) is 24.0 Å². The number of guanidine groups is 1. The van der Waals surface area contributed by atoms with Crippen LogP contribution in [0.4, 0.5) is 0 Å². The van der Waals surface area contributed by atoms with Gasteiger partial charge in [-0.1, -0.05) is 35.9 Å². The van der Waals surface area contributed by atoms with Crippen LogP contribution in [0.1, 0.15) is 24.1 Å². The highest BCUT2D eigenvalue weighted by Crippen LogP contribution is 2.20. The van der Waals surface area contributed by atoms with Crippen molar-refractivity contribution >= 4 is 29.9 Å². The van der Waals surface area contributed by atoms with Gasteiger partial charge in [0.1, 0.15) is 18.1 Å². The first-order valence-corrected chi connectivity index (χ1v) is 10.4. The predicted molar refractivity (Wildman–Crippen MR) is 134 cm³/mol. The number of aromatic nitrogens is 1. The molecular weight excluding hydrogens is 503 g/mol. The summed E-state index contributed by atoms with van der Waals surface area (Å²) >= 11 is 0. The molecule has 1 aromatic heterocycles.